The fraction of sp³-hybridized carbons (Fsp3) is 0.417. The minimum atomic E-state index is 0.604. The summed E-state index contributed by atoms with van der Waals surface area (Å²) < 4.78 is 7.46. The number of fused-ring (bicyclic) bond motifs is 1. The van der Waals surface area contributed by atoms with Gasteiger partial charge in [-0.05, 0) is 24.5 Å². The molecule has 3 rings (SSSR count). The second kappa shape index (κ2) is 3.79. The summed E-state index contributed by atoms with van der Waals surface area (Å²) in [5.74, 6) is 1.69. The van der Waals surface area contributed by atoms with E-state index in [0.717, 1.165) is 43.1 Å². The highest BCUT2D eigenvalue weighted by Crippen LogP contribution is 2.19. The second-order valence-corrected chi connectivity index (χ2v) is 4.37. The van der Waals surface area contributed by atoms with Crippen LogP contribution in [0.25, 0.3) is 5.52 Å². The molecule has 4 heteroatoms. The summed E-state index contributed by atoms with van der Waals surface area (Å²) in [6.07, 6.45) is 5.94. The third-order valence-electron chi connectivity index (χ3n) is 3.12. The lowest BCUT2D eigenvalue weighted by Gasteiger charge is -2.06. The number of pyridine rings is 1. The molecule has 1 aliphatic rings. The molecule has 0 radical (unpaired) electrons. The summed E-state index contributed by atoms with van der Waals surface area (Å²) in [5.41, 5.74) is 7.66. The van der Waals surface area contributed by atoms with Crippen LogP contribution in [-0.4, -0.2) is 22.6 Å². The summed E-state index contributed by atoms with van der Waals surface area (Å²) in [6.45, 7) is 1.74. The zero-order chi connectivity index (χ0) is 11.0. The Labute approximate surface area is 94.0 Å². The molecule has 2 N–H and O–H groups in total. The van der Waals surface area contributed by atoms with Gasteiger partial charge in [-0.25, -0.2) is 4.98 Å². The summed E-state index contributed by atoms with van der Waals surface area (Å²) in [7, 11) is 0. The number of rotatable bonds is 2. The first-order valence-corrected chi connectivity index (χ1v) is 5.62. The molecule has 1 saturated heterocycles. The predicted octanol–water partition coefficient (Wildman–Crippen LogP) is 1.50. The van der Waals surface area contributed by atoms with Crippen LogP contribution in [0.2, 0.25) is 0 Å². The first-order chi connectivity index (χ1) is 7.83. The van der Waals surface area contributed by atoms with E-state index in [4.69, 9.17) is 10.5 Å². The van der Waals surface area contributed by atoms with E-state index in [2.05, 4.69) is 9.38 Å². The van der Waals surface area contributed by atoms with Crippen LogP contribution in [0.1, 0.15) is 12.2 Å². The maximum atomic E-state index is 5.79. The van der Waals surface area contributed by atoms with E-state index in [0.29, 0.717) is 5.92 Å². The summed E-state index contributed by atoms with van der Waals surface area (Å²) >= 11 is 0. The molecule has 0 saturated carbocycles. The van der Waals surface area contributed by atoms with E-state index in [-0.39, 0.29) is 0 Å². The molecule has 0 bridgehead atoms. The average Bonchev–Trinajstić information content (AvgIpc) is 2.90. The number of hydrogen-bond donors (Lipinski definition) is 1. The monoisotopic (exact) mass is 217 g/mol. The summed E-state index contributed by atoms with van der Waals surface area (Å²) in [5, 5.41) is 0. The molecule has 2 aromatic heterocycles. The number of ether oxygens (including phenoxy) is 1. The maximum Gasteiger partial charge on any atom is 0.113 e. The summed E-state index contributed by atoms with van der Waals surface area (Å²) in [6, 6.07) is 3.90. The molecule has 0 aliphatic carbocycles. The van der Waals surface area contributed by atoms with Crippen LogP contribution in [-0.2, 0) is 11.2 Å². The molecular weight excluding hydrogens is 202 g/mol. The van der Waals surface area contributed by atoms with E-state index < -0.39 is 0 Å². The number of hydrogen-bond acceptors (Lipinski definition) is 3. The van der Waals surface area contributed by atoms with E-state index >= 15 is 0 Å². The van der Waals surface area contributed by atoms with Crippen molar-refractivity contribution in [1.82, 2.24) is 9.38 Å². The molecular formula is C12H15N3O. The molecule has 1 aliphatic heterocycles. The van der Waals surface area contributed by atoms with Gasteiger partial charge in [-0.2, -0.15) is 0 Å². The number of nitrogen functional groups attached to an aromatic ring is 1. The lowest BCUT2D eigenvalue weighted by Crippen LogP contribution is -2.07. The van der Waals surface area contributed by atoms with Crippen LogP contribution < -0.4 is 5.73 Å². The third-order valence-corrected chi connectivity index (χ3v) is 3.12. The zero-order valence-electron chi connectivity index (χ0n) is 9.10. The Hall–Kier alpha value is -1.55. The molecule has 0 aromatic carbocycles. The quantitative estimate of drug-likeness (QED) is 0.829. The molecule has 1 unspecified atom stereocenters. The van der Waals surface area contributed by atoms with Crippen molar-refractivity contribution in [2.75, 3.05) is 18.9 Å². The molecule has 4 nitrogen and oxygen atoms in total. The standard InChI is InChI=1S/C12H15N3O/c13-10-1-2-11-6-14-12(15(11)7-10)5-9-3-4-16-8-9/h1-2,6-7,9H,3-5,8,13H2. The van der Waals surface area contributed by atoms with Crippen molar-refractivity contribution in [3.8, 4) is 0 Å². The second-order valence-electron chi connectivity index (χ2n) is 4.37. The molecule has 1 atom stereocenters. The molecule has 3 heterocycles. The predicted molar refractivity (Wildman–Crippen MR) is 62.2 cm³/mol. The van der Waals surface area contributed by atoms with Crippen LogP contribution in [0.3, 0.4) is 0 Å². The summed E-state index contributed by atoms with van der Waals surface area (Å²) in [4.78, 5) is 4.45. The van der Waals surface area contributed by atoms with Gasteiger partial charge < -0.3 is 14.9 Å². The van der Waals surface area contributed by atoms with Gasteiger partial charge in [0.25, 0.3) is 0 Å². The van der Waals surface area contributed by atoms with Crippen LogP contribution in [0.5, 0.6) is 0 Å². The largest absolute Gasteiger partial charge is 0.398 e. The van der Waals surface area contributed by atoms with Gasteiger partial charge in [0.2, 0.25) is 0 Å². The van der Waals surface area contributed by atoms with E-state index in [1.807, 2.05) is 24.5 Å². The van der Waals surface area contributed by atoms with Crippen LogP contribution in [0.4, 0.5) is 5.69 Å². The van der Waals surface area contributed by atoms with Gasteiger partial charge in [-0.3, -0.25) is 0 Å². The van der Waals surface area contributed by atoms with Crippen molar-refractivity contribution in [1.29, 1.82) is 0 Å². The fourth-order valence-corrected chi connectivity index (χ4v) is 2.21. The van der Waals surface area contributed by atoms with Crippen LogP contribution in [0, 0.1) is 5.92 Å². The third kappa shape index (κ3) is 1.65. The van der Waals surface area contributed by atoms with Crippen molar-refractivity contribution in [2.45, 2.75) is 12.8 Å². The highest BCUT2D eigenvalue weighted by Gasteiger charge is 2.18. The number of imidazole rings is 1. The zero-order valence-corrected chi connectivity index (χ0v) is 9.10. The fourth-order valence-electron chi connectivity index (χ4n) is 2.21. The van der Waals surface area contributed by atoms with Gasteiger partial charge >= 0.3 is 0 Å². The van der Waals surface area contributed by atoms with E-state index in [9.17, 15) is 0 Å². The number of anilines is 1. The van der Waals surface area contributed by atoms with Gasteiger partial charge in [-0.15, -0.1) is 0 Å². The van der Waals surface area contributed by atoms with E-state index in [1.54, 1.807) is 0 Å². The molecule has 0 amide bonds. The maximum absolute atomic E-state index is 5.79. The SMILES string of the molecule is Nc1ccc2cnc(CC3CCOC3)n2c1. The smallest absolute Gasteiger partial charge is 0.113 e. The number of nitrogens with zero attached hydrogens (tertiary/aromatic N) is 2. The Morgan fingerprint density at radius 3 is 3.25 bits per heavy atom. The van der Waals surface area contributed by atoms with Crippen molar-refractivity contribution >= 4 is 11.2 Å². The molecule has 2 aromatic rings. The van der Waals surface area contributed by atoms with Crippen molar-refractivity contribution < 1.29 is 4.74 Å². The Morgan fingerprint density at radius 2 is 2.44 bits per heavy atom. The normalized spacial score (nSPS) is 20.6. The van der Waals surface area contributed by atoms with Gasteiger partial charge in [0.05, 0.1) is 11.7 Å². The Balaban J connectivity index is 1.93. The van der Waals surface area contributed by atoms with Crippen LogP contribution in [0.15, 0.2) is 24.5 Å². The van der Waals surface area contributed by atoms with Gasteiger partial charge in [0.15, 0.2) is 0 Å². The topological polar surface area (TPSA) is 52.5 Å². The Morgan fingerprint density at radius 1 is 1.50 bits per heavy atom. The van der Waals surface area contributed by atoms with Gasteiger partial charge in [-0.1, -0.05) is 0 Å². The Kier molecular flexibility index (Phi) is 2.29. The van der Waals surface area contributed by atoms with Crippen molar-refractivity contribution in [3.05, 3.63) is 30.4 Å². The molecule has 1 fully saturated rings. The molecule has 84 valence electrons. The van der Waals surface area contributed by atoms with Crippen molar-refractivity contribution in [2.24, 2.45) is 5.92 Å². The number of nitrogens with two attached hydrogens (primary N) is 1. The highest BCUT2D eigenvalue weighted by molar-refractivity contribution is 5.52. The average molecular weight is 217 g/mol. The molecule has 16 heavy (non-hydrogen) atoms. The minimum absolute atomic E-state index is 0.604. The van der Waals surface area contributed by atoms with E-state index in [1.165, 1.54) is 0 Å². The highest BCUT2D eigenvalue weighted by atomic mass is 16.5. The van der Waals surface area contributed by atoms with Gasteiger partial charge in [0, 0.05) is 31.5 Å². The van der Waals surface area contributed by atoms with Gasteiger partial charge in [0.1, 0.15) is 5.82 Å². The van der Waals surface area contributed by atoms with Crippen molar-refractivity contribution in [3.63, 3.8) is 0 Å². The first-order valence-electron chi connectivity index (χ1n) is 5.62. The number of aromatic nitrogens is 2. The Bertz CT molecular complexity index is 500. The lowest BCUT2D eigenvalue weighted by molar-refractivity contribution is 0.185. The van der Waals surface area contributed by atoms with Crippen LogP contribution >= 0.6 is 0 Å². The first kappa shape index (κ1) is 9.66. The lowest BCUT2D eigenvalue weighted by atomic mass is 10.1. The molecule has 0 spiro atoms. The minimum Gasteiger partial charge on any atom is -0.398 e.